The number of carbonyl (C=O) groups excluding carboxylic acids is 3. The summed E-state index contributed by atoms with van der Waals surface area (Å²) in [5.74, 6) is 0.110. The molecule has 2 fully saturated rings. The molecule has 0 unspecified atom stereocenters. The molecule has 8 nitrogen and oxygen atoms in total. The number of benzene rings is 2. The third kappa shape index (κ3) is 5.97. The van der Waals surface area contributed by atoms with E-state index in [4.69, 9.17) is 0 Å². The number of anilines is 2. The Balaban J connectivity index is 1.16. The first-order valence-corrected chi connectivity index (χ1v) is 13.2. The van der Waals surface area contributed by atoms with Crippen LogP contribution in [-0.2, 0) is 14.4 Å². The Kier molecular flexibility index (Phi) is 7.60. The van der Waals surface area contributed by atoms with E-state index in [1.165, 1.54) is 6.33 Å². The molecule has 1 saturated heterocycles. The van der Waals surface area contributed by atoms with E-state index in [1.54, 1.807) is 6.08 Å². The summed E-state index contributed by atoms with van der Waals surface area (Å²) < 4.78 is 0. The summed E-state index contributed by atoms with van der Waals surface area (Å²) in [7, 11) is 0. The highest BCUT2D eigenvalue weighted by Gasteiger charge is 2.41. The molecular formula is C30H33N5O3. The van der Waals surface area contributed by atoms with Gasteiger partial charge in [0, 0.05) is 42.6 Å². The molecule has 8 heteroatoms. The minimum absolute atomic E-state index is 0.00498. The maximum absolute atomic E-state index is 12.6. The Labute approximate surface area is 222 Å². The quantitative estimate of drug-likeness (QED) is 0.350. The van der Waals surface area contributed by atoms with E-state index in [0.717, 1.165) is 48.8 Å². The molecule has 2 N–H and O–H groups in total. The molecule has 5 rings (SSSR count). The summed E-state index contributed by atoms with van der Waals surface area (Å²) >= 11 is 0. The number of nitrogens with one attached hydrogen (secondary N) is 2. The van der Waals surface area contributed by atoms with Crippen molar-refractivity contribution in [1.82, 2.24) is 14.9 Å². The number of piperidine rings is 1. The molecule has 38 heavy (non-hydrogen) atoms. The van der Waals surface area contributed by atoms with E-state index in [1.807, 2.05) is 42.5 Å². The standard InChI is InChI=1S/C30H33N5O3/c1-21(22-6-3-2-4-7-22)33-29-24-18-23(9-10-25(24)31-20-32-29)34-28(38)8-5-15-35-16-13-30(14-17-35)12-11-26(36)27(37)19-30/h2-10,18,20-21H,11-17,19H2,1H3,(H,34,38)(H,31,32,33)/t21-/m1/s1. The van der Waals surface area contributed by atoms with Crippen LogP contribution in [0, 0.1) is 5.41 Å². The fourth-order valence-corrected chi connectivity index (χ4v) is 5.45. The first-order valence-electron chi connectivity index (χ1n) is 13.2. The second-order valence-electron chi connectivity index (χ2n) is 10.4. The number of ketones is 2. The molecule has 2 aliphatic rings. The topological polar surface area (TPSA) is 104 Å². The molecule has 1 aliphatic heterocycles. The molecule has 0 bridgehead atoms. The molecule has 1 spiro atoms. The number of carbonyl (C=O) groups is 3. The summed E-state index contributed by atoms with van der Waals surface area (Å²) in [4.78, 5) is 47.2. The number of hydrogen-bond acceptors (Lipinski definition) is 7. The molecule has 1 aliphatic carbocycles. The lowest BCUT2D eigenvalue weighted by atomic mass is 9.67. The Hall–Kier alpha value is -3.91. The molecule has 1 amide bonds. The van der Waals surface area contributed by atoms with Crippen LogP contribution in [0.1, 0.15) is 50.6 Å². The van der Waals surface area contributed by atoms with Gasteiger partial charge in [-0.2, -0.15) is 0 Å². The minimum atomic E-state index is -0.208. The summed E-state index contributed by atoms with van der Waals surface area (Å²) in [6, 6.07) is 15.8. The number of nitrogens with zero attached hydrogens (tertiary/aromatic N) is 3. The predicted octanol–water partition coefficient (Wildman–Crippen LogP) is 4.70. The number of hydrogen-bond donors (Lipinski definition) is 2. The molecule has 2 heterocycles. The zero-order chi connectivity index (χ0) is 26.5. The van der Waals surface area contributed by atoms with Gasteiger partial charge in [0.2, 0.25) is 5.91 Å². The van der Waals surface area contributed by atoms with Gasteiger partial charge in [-0.05, 0) is 68.5 Å². The summed E-state index contributed by atoms with van der Waals surface area (Å²) in [5.41, 5.74) is 2.62. The van der Waals surface area contributed by atoms with E-state index < -0.39 is 0 Å². The fraction of sp³-hybridized carbons (Fsp3) is 0.367. The van der Waals surface area contributed by atoms with Crippen molar-refractivity contribution in [3.8, 4) is 0 Å². The maximum atomic E-state index is 12.6. The van der Waals surface area contributed by atoms with Crippen molar-refractivity contribution < 1.29 is 14.4 Å². The SMILES string of the molecule is C[C@@H](Nc1ncnc2ccc(NC(=O)C=CCN3CCC4(CCC(=O)C(=O)C4)CC3)cc12)c1ccccc1. The number of likely N-dealkylation sites (tertiary alicyclic amines) is 1. The maximum Gasteiger partial charge on any atom is 0.248 e. The van der Waals surface area contributed by atoms with Gasteiger partial charge in [-0.3, -0.25) is 19.3 Å². The number of fused-ring (bicyclic) bond motifs is 1. The highest BCUT2D eigenvalue weighted by molar-refractivity contribution is 6.37. The minimum Gasteiger partial charge on any atom is -0.363 e. The van der Waals surface area contributed by atoms with Crippen LogP contribution in [0.15, 0.2) is 67.0 Å². The van der Waals surface area contributed by atoms with Gasteiger partial charge in [-0.1, -0.05) is 36.4 Å². The largest absolute Gasteiger partial charge is 0.363 e. The van der Waals surface area contributed by atoms with Gasteiger partial charge in [0.1, 0.15) is 12.1 Å². The van der Waals surface area contributed by atoms with Crippen molar-refractivity contribution in [1.29, 1.82) is 0 Å². The van der Waals surface area contributed by atoms with Crippen LogP contribution in [0.2, 0.25) is 0 Å². The summed E-state index contributed by atoms with van der Waals surface area (Å²) in [6.45, 7) is 4.50. The number of Topliss-reactive ketones (excluding diaryl/α,β-unsaturated/α-hetero) is 2. The molecule has 0 radical (unpaired) electrons. The predicted molar refractivity (Wildman–Crippen MR) is 148 cm³/mol. The molecular weight excluding hydrogens is 478 g/mol. The zero-order valence-electron chi connectivity index (χ0n) is 21.7. The van der Waals surface area contributed by atoms with Crippen LogP contribution in [0.5, 0.6) is 0 Å². The Morgan fingerprint density at radius 2 is 1.84 bits per heavy atom. The number of rotatable bonds is 7. The van der Waals surface area contributed by atoms with E-state index in [2.05, 4.69) is 44.6 Å². The molecule has 2 aromatic carbocycles. The third-order valence-corrected chi connectivity index (χ3v) is 7.83. The van der Waals surface area contributed by atoms with Crippen molar-refractivity contribution in [3.05, 3.63) is 72.6 Å². The van der Waals surface area contributed by atoms with E-state index in [-0.39, 0.29) is 28.9 Å². The monoisotopic (exact) mass is 511 g/mol. The van der Waals surface area contributed by atoms with Gasteiger partial charge in [0.05, 0.1) is 5.52 Å². The molecule has 3 aromatic rings. The fourth-order valence-electron chi connectivity index (χ4n) is 5.45. The highest BCUT2D eigenvalue weighted by Crippen LogP contribution is 2.42. The average Bonchev–Trinajstić information content (AvgIpc) is 2.93. The van der Waals surface area contributed by atoms with Gasteiger partial charge < -0.3 is 10.6 Å². The molecule has 1 aromatic heterocycles. The Bertz CT molecular complexity index is 1360. The van der Waals surface area contributed by atoms with Crippen LogP contribution in [-0.4, -0.2) is 52.0 Å². The first kappa shape index (κ1) is 25.7. The molecule has 1 atom stereocenters. The normalized spacial score (nSPS) is 18.7. The van der Waals surface area contributed by atoms with Crippen molar-refractivity contribution in [2.24, 2.45) is 5.41 Å². The number of amides is 1. The van der Waals surface area contributed by atoms with Crippen LogP contribution < -0.4 is 10.6 Å². The van der Waals surface area contributed by atoms with E-state index >= 15 is 0 Å². The van der Waals surface area contributed by atoms with Gasteiger partial charge >= 0.3 is 0 Å². The summed E-state index contributed by atoms with van der Waals surface area (Å²) in [5, 5.41) is 7.24. The lowest BCUT2D eigenvalue weighted by Crippen LogP contribution is -2.44. The van der Waals surface area contributed by atoms with Crippen molar-refractivity contribution >= 4 is 39.9 Å². The third-order valence-electron chi connectivity index (χ3n) is 7.83. The van der Waals surface area contributed by atoms with Gasteiger partial charge in [0.25, 0.3) is 0 Å². The van der Waals surface area contributed by atoms with Crippen molar-refractivity contribution in [3.63, 3.8) is 0 Å². The second kappa shape index (κ2) is 11.2. The molecule has 1 saturated carbocycles. The number of aromatic nitrogens is 2. The van der Waals surface area contributed by atoms with Gasteiger partial charge in [-0.25, -0.2) is 9.97 Å². The van der Waals surface area contributed by atoms with Crippen LogP contribution in [0.4, 0.5) is 11.5 Å². The van der Waals surface area contributed by atoms with Gasteiger partial charge in [0.15, 0.2) is 11.6 Å². The Morgan fingerprint density at radius 1 is 1.05 bits per heavy atom. The van der Waals surface area contributed by atoms with Crippen LogP contribution in [0.25, 0.3) is 10.9 Å². The lowest BCUT2D eigenvalue weighted by Gasteiger charge is -2.43. The van der Waals surface area contributed by atoms with Crippen molar-refractivity contribution in [2.45, 2.75) is 45.1 Å². The summed E-state index contributed by atoms with van der Waals surface area (Å²) in [6.07, 6.45) is 8.44. The first-order chi connectivity index (χ1) is 18.4. The molecule has 196 valence electrons. The van der Waals surface area contributed by atoms with E-state index in [0.29, 0.717) is 30.9 Å². The zero-order valence-corrected chi connectivity index (χ0v) is 21.7. The van der Waals surface area contributed by atoms with Crippen LogP contribution in [0.3, 0.4) is 0 Å². The van der Waals surface area contributed by atoms with E-state index in [9.17, 15) is 14.4 Å². The second-order valence-corrected chi connectivity index (χ2v) is 10.4. The van der Waals surface area contributed by atoms with Crippen molar-refractivity contribution in [2.75, 3.05) is 30.3 Å². The highest BCUT2D eigenvalue weighted by atomic mass is 16.2. The lowest BCUT2D eigenvalue weighted by molar-refractivity contribution is -0.142. The van der Waals surface area contributed by atoms with Gasteiger partial charge in [-0.15, -0.1) is 0 Å². The average molecular weight is 512 g/mol. The smallest absolute Gasteiger partial charge is 0.248 e. The van der Waals surface area contributed by atoms with Crippen LogP contribution >= 0.6 is 0 Å². The Morgan fingerprint density at radius 3 is 2.61 bits per heavy atom.